The van der Waals surface area contributed by atoms with Crippen molar-refractivity contribution in [1.82, 2.24) is 20.4 Å². The van der Waals surface area contributed by atoms with Crippen molar-refractivity contribution >= 4 is 16.8 Å². The molecule has 2 aromatic carbocycles. The maximum Gasteiger partial charge on any atom is 0.401 e. The zero-order chi connectivity index (χ0) is 22.2. The molecule has 0 aliphatic carbocycles. The first kappa shape index (κ1) is 21.2. The summed E-state index contributed by atoms with van der Waals surface area (Å²) in [6.45, 7) is -0.499. The number of likely N-dealkylation sites (tertiary alicyclic amines) is 1. The van der Waals surface area contributed by atoms with Crippen LogP contribution in [0.4, 0.5) is 22.0 Å². The lowest BCUT2D eigenvalue weighted by atomic mass is 10.0. The Morgan fingerprint density at radius 3 is 2.61 bits per heavy atom. The molecule has 4 rings (SSSR count). The van der Waals surface area contributed by atoms with E-state index in [1.54, 1.807) is 18.2 Å². The van der Waals surface area contributed by atoms with Crippen LogP contribution in [0.1, 0.15) is 23.3 Å². The Morgan fingerprint density at radius 2 is 1.90 bits per heavy atom. The first-order chi connectivity index (χ1) is 14.7. The summed E-state index contributed by atoms with van der Waals surface area (Å²) in [5, 5.41) is 10.0. The van der Waals surface area contributed by atoms with Crippen LogP contribution in [0.5, 0.6) is 0 Å². The van der Waals surface area contributed by atoms with Crippen LogP contribution in [-0.2, 0) is 0 Å². The van der Waals surface area contributed by atoms with Crippen molar-refractivity contribution in [3.8, 4) is 11.1 Å². The Bertz CT molecular complexity index is 1100. The van der Waals surface area contributed by atoms with Gasteiger partial charge in [0.05, 0.1) is 12.1 Å². The molecule has 0 spiro atoms. The molecule has 0 saturated carbocycles. The number of aromatic amines is 1. The summed E-state index contributed by atoms with van der Waals surface area (Å²) < 4.78 is 65.3. The third kappa shape index (κ3) is 4.68. The van der Waals surface area contributed by atoms with Gasteiger partial charge in [-0.15, -0.1) is 0 Å². The molecule has 1 fully saturated rings. The van der Waals surface area contributed by atoms with Crippen molar-refractivity contribution in [2.45, 2.75) is 25.1 Å². The molecule has 0 radical (unpaired) electrons. The molecular formula is C21H19F5N4O. The molecule has 0 bridgehead atoms. The summed E-state index contributed by atoms with van der Waals surface area (Å²) in [5.41, 5.74) is 1.09. The molecule has 2 N–H and O–H groups in total. The highest BCUT2D eigenvalue weighted by molar-refractivity contribution is 6.05. The van der Waals surface area contributed by atoms with Crippen molar-refractivity contribution < 1.29 is 26.7 Å². The minimum Gasteiger partial charge on any atom is -0.348 e. The van der Waals surface area contributed by atoms with Gasteiger partial charge in [-0.3, -0.25) is 14.8 Å². The van der Waals surface area contributed by atoms with Gasteiger partial charge in [-0.05, 0) is 36.6 Å². The molecule has 0 unspecified atom stereocenters. The predicted molar refractivity (Wildman–Crippen MR) is 104 cm³/mol. The minimum absolute atomic E-state index is 0.0616. The van der Waals surface area contributed by atoms with E-state index < -0.39 is 30.3 Å². The van der Waals surface area contributed by atoms with Crippen molar-refractivity contribution in [2.75, 3.05) is 19.6 Å². The average molecular weight is 438 g/mol. The van der Waals surface area contributed by atoms with E-state index in [0.29, 0.717) is 29.3 Å². The van der Waals surface area contributed by atoms with Crippen LogP contribution in [0, 0.1) is 11.6 Å². The second-order valence-electron chi connectivity index (χ2n) is 7.57. The van der Waals surface area contributed by atoms with Gasteiger partial charge in [-0.1, -0.05) is 18.2 Å². The van der Waals surface area contributed by atoms with Crippen LogP contribution in [0.3, 0.4) is 0 Å². The summed E-state index contributed by atoms with van der Waals surface area (Å²) in [6, 6.07) is 8.35. The molecule has 1 aliphatic rings. The quantitative estimate of drug-likeness (QED) is 0.599. The number of hydrogen-bond donors (Lipinski definition) is 2. The molecule has 3 aromatic rings. The summed E-state index contributed by atoms with van der Waals surface area (Å²) in [7, 11) is 0. The molecule has 1 aliphatic heterocycles. The maximum atomic E-state index is 14.2. The van der Waals surface area contributed by atoms with E-state index in [1.807, 2.05) is 0 Å². The van der Waals surface area contributed by atoms with Crippen LogP contribution >= 0.6 is 0 Å². The number of H-pyrrole nitrogens is 1. The van der Waals surface area contributed by atoms with Gasteiger partial charge >= 0.3 is 6.18 Å². The highest BCUT2D eigenvalue weighted by Crippen LogP contribution is 2.28. The van der Waals surface area contributed by atoms with Gasteiger partial charge in [0.15, 0.2) is 17.3 Å². The first-order valence-corrected chi connectivity index (χ1v) is 9.74. The number of nitrogens with zero attached hydrogens (tertiary/aromatic N) is 2. The molecule has 2 heterocycles. The van der Waals surface area contributed by atoms with E-state index in [-0.39, 0.29) is 30.4 Å². The number of hydrogen-bond acceptors (Lipinski definition) is 3. The number of rotatable bonds is 4. The highest BCUT2D eigenvalue weighted by Gasteiger charge is 2.33. The summed E-state index contributed by atoms with van der Waals surface area (Å²) in [4.78, 5) is 14.1. The third-order valence-corrected chi connectivity index (χ3v) is 5.37. The van der Waals surface area contributed by atoms with Crippen molar-refractivity contribution in [1.29, 1.82) is 0 Å². The second kappa shape index (κ2) is 8.26. The van der Waals surface area contributed by atoms with Gasteiger partial charge in [-0.25, -0.2) is 8.78 Å². The van der Waals surface area contributed by atoms with E-state index in [2.05, 4.69) is 15.5 Å². The molecule has 10 heteroatoms. The normalized spacial score (nSPS) is 16.0. The van der Waals surface area contributed by atoms with Crippen LogP contribution in [0.25, 0.3) is 22.0 Å². The van der Waals surface area contributed by atoms with Gasteiger partial charge in [0.2, 0.25) is 0 Å². The molecule has 1 aromatic heterocycles. The van der Waals surface area contributed by atoms with Gasteiger partial charge in [0.25, 0.3) is 5.91 Å². The molecule has 1 amide bonds. The first-order valence-electron chi connectivity index (χ1n) is 9.74. The van der Waals surface area contributed by atoms with Crippen LogP contribution < -0.4 is 5.32 Å². The van der Waals surface area contributed by atoms with Crippen LogP contribution in [0.2, 0.25) is 0 Å². The number of benzene rings is 2. The molecule has 1 saturated heterocycles. The number of carbonyl (C=O) groups is 1. The standard InChI is InChI=1S/C21H19F5N4O/c22-16-3-1-2-14(18(16)23)12-4-5-17-15(10-12)19(29-28-17)20(31)27-13-6-8-30(9-7-13)11-21(24,25)26/h1-5,10,13H,6-9,11H2,(H,27,31)(H,28,29). The molecule has 164 valence electrons. The highest BCUT2D eigenvalue weighted by atomic mass is 19.4. The number of halogens is 5. The summed E-state index contributed by atoms with van der Waals surface area (Å²) in [5.74, 6) is -2.43. The second-order valence-corrected chi connectivity index (χ2v) is 7.57. The Balaban J connectivity index is 1.50. The van der Waals surface area contributed by atoms with Crippen molar-refractivity contribution in [3.63, 3.8) is 0 Å². The van der Waals surface area contributed by atoms with E-state index in [4.69, 9.17) is 0 Å². The number of nitrogens with one attached hydrogen (secondary N) is 2. The topological polar surface area (TPSA) is 61.0 Å². The smallest absolute Gasteiger partial charge is 0.348 e. The van der Waals surface area contributed by atoms with Gasteiger partial charge in [0, 0.05) is 30.1 Å². The van der Waals surface area contributed by atoms with E-state index in [9.17, 15) is 26.7 Å². The number of fused-ring (bicyclic) bond motifs is 1. The minimum atomic E-state index is -4.25. The van der Waals surface area contributed by atoms with Gasteiger partial charge in [0.1, 0.15) is 0 Å². The average Bonchev–Trinajstić information content (AvgIpc) is 3.14. The number of piperidine rings is 1. The Kier molecular flexibility index (Phi) is 5.65. The van der Waals surface area contributed by atoms with Crippen molar-refractivity contribution in [3.05, 3.63) is 53.7 Å². The Morgan fingerprint density at radius 1 is 1.16 bits per heavy atom. The zero-order valence-corrected chi connectivity index (χ0v) is 16.3. The summed E-state index contributed by atoms with van der Waals surface area (Å²) in [6.07, 6.45) is -3.46. The number of amides is 1. The zero-order valence-electron chi connectivity index (χ0n) is 16.3. The van der Waals surface area contributed by atoms with Crippen molar-refractivity contribution in [2.24, 2.45) is 0 Å². The summed E-state index contributed by atoms with van der Waals surface area (Å²) >= 11 is 0. The van der Waals surface area contributed by atoms with E-state index >= 15 is 0 Å². The predicted octanol–water partition coefficient (Wildman–Crippen LogP) is 4.26. The van der Waals surface area contributed by atoms with Gasteiger partial charge in [-0.2, -0.15) is 18.3 Å². The van der Waals surface area contributed by atoms with Crippen LogP contribution in [0.15, 0.2) is 36.4 Å². The number of carbonyl (C=O) groups excluding carboxylic acids is 1. The fraction of sp³-hybridized carbons (Fsp3) is 0.333. The Labute approximate surface area is 174 Å². The van der Waals surface area contributed by atoms with Gasteiger partial charge < -0.3 is 5.32 Å². The lowest BCUT2D eigenvalue weighted by molar-refractivity contribution is -0.148. The van der Waals surface area contributed by atoms with Crippen LogP contribution in [-0.4, -0.2) is 52.9 Å². The lowest BCUT2D eigenvalue weighted by Crippen LogP contribution is -2.47. The van der Waals surface area contributed by atoms with E-state index in [0.717, 1.165) is 6.07 Å². The number of alkyl halides is 3. The molecule has 5 nitrogen and oxygen atoms in total. The lowest BCUT2D eigenvalue weighted by Gasteiger charge is -2.32. The molecule has 0 atom stereocenters. The molecule has 31 heavy (non-hydrogen) atoms. The Hall–Kier alpha value is -3.01. The number of aromatic nitrogens is 2. The fourth-order valence-corrected chi connectivity index (χ4v) is 3.82. The monoisotopic (exact) mass is 438 g/mol. The maximum absolute atomic E-state index is 14.2. The molecular weight excluding hydrogens is 419 g/mol. The SMILES string of the molecule is O=C(NC1CCN(CC(F)(F)F)CC1)c1n[nH]c2ccc(-c3cccc(F)c3F)cc12. The largest absolute Gasteiger partial charge is 0.401 e. The fourth-order valence-electron chi connectivity index (χ4n) is 3.82. The third-order valence-electron chi connectivity index (χ3n) is 5.37. The van der Waals surface area contributed by atoms with E-state index in [1.165, 1.54) is 17.0 Å².